The number of hydrogen-bond donors (Lipinski definition) is 0. The van der Waals surface area contributed by atoms with Crippen LogP contribution in [0.25, 0.3) is 22.3 Å². The molecule has 3 aliphatic rings. The van der Waals surface area contributed by atoms with Crippen LogP contribution in [0.15, 0.2) is 251 Å². The molecule has 13 rings (SSSR count). The Kier molecular flexibility index (Phi) is 9.31. The van der Waals surface area contributed by atoms with Crippen molar-refractivity contribution >= 4 is 84.3 Å². The Labute approximate surface area is 397 Å². The zero-order valence-electron chi connectivity index (χ0n) is 37.1. The van der Waals surface area contributed by atoms with E-state index in [9.17, 15) is 0 Å². The van der Waals surface area contributed by atoms with Gasteiger partial charge in [-0.1, -0.05) is 140 Å². The minimum atomic E-state index is -1.89. The second-order valence-electron chi connectivity index (χ2n) is 17.6. The topological polar surface area (TPSA) is 9.72 Å². The quantitative estimate of drug-likeness (QED) is 0.141. The lowest BCUT2D eigenvalue weighted by Crippen LogP contribution is -2.64. The van der Waals surface area contributed by atoms with Gasteiger partial charge in [0.15, 0.2) is 0 Å². The third-order valence-corrected chi connectivity index (χ3v) is 17.7. The van der Waals surface area contributed by atoms with Gasteiger partial charge in [-0.15, -0.1) is 0 Å². The Morgan fingerprint density at radius 1 is 0.353 bits per heavy atom. The summed E-state index contributed by atoms with van der Waals surface area (Å²) in [6, 6.07) is 80.8. The summed E-state index contributed by atoms with van der Waals surface area (Å²) in [7, 11) is -1.89. The van der Waals surface area contributed by atoms with E-state index < -0.39 is 10.0 Å². The standard InChI is InChI=1S/C61H42BF2N3S/c1-68(44-25-9-4-10-26-44)57-37-19-35-53-60(57)62-59-55(66(53)51-33-17-13-29-47(51)45-27-11-15-31-49(45)63)39-43(65(41-21-5-2-6-22-41)42-23-7-3-8-24-42)40-56(59)67(54-36-20-38-58(68)61(54)62)52-34-18-14-30-48(52)46-28-12-16-32-50(46)64/h2-40H,1H3. The fraction of sp³-hybridized carbons (Fsp3) is 0.0164. The molecule has 0 aliphatic carbocycles. The van der Waals surface area contributed by atoms with Crippen LogP contribution in [0.5, 0.6) is 0 Å². The normalized spacial score (nSPS) is 14.0. The summed E-state index contributed by atoms with van der Waals surface area (Å²) < 4.78 is 32.5. The molecule has 324 valence electrons. The van der Waals surface area contributed by atoms with Gasteiger partial charge in [0.1, 0.15) is 11.6 Å². The Morgan fingerprint density at radius 2 is 0.735 bits per heavy atom. The van der Waals surface area contributed by atoms with Crippen molar-refractivity contribution in [2.75, 3.05) is 21.0 Å². The summed E-state index contributed by atoms with van der Waals surface area (Å²) in [5.41, 5.74) is 15.1. The largest absolute Gasteiger partial charge is 0.311 e. The van der Waals surface area contributed by atoms with Gasteiger partial charge in [0.25, 0.3) is 6.71 Å². The average Bonchev–Trinajstić information content (AvgIpc) is 3.39. The molecule has 0 amide bonds. The van der Waals surface area contributed by atoms with E-state index in [0.717, 1.165) is 67.8 Å². The molecule has 3 heterocycles. The predicted octanol–water partition coefficient (Wildman–Crippen LogP) is 15.1. The molecule has 0 bridgehead atoms. The highest BCUT2D eigenvalue weighted by Crippen LogP contribution is 2.68. The van der Waals surface area contributed by atoms with E-state index in [2.05, 4.69) is 173 Å². The van der Waals surface area contributed by atoms with Crippen LogP contribution in [0.4, 0.5) is 60.0 Å². The van der Waals surface area contributed by atoms with Crippen molar-refractivity contribution in [1.82, 2.24) is 0 Å². The van der Waals surface area contributed by atoms with Crippen LogP contribution in [0.2, 0.25) is 0 Å². The minimum absolute atomic E-state index is 0.161. The summed E-state index contributed by atoms with van der Waals surface area (Å²) in [6.45, 7) is -0.161. The molecule has 0 N–H and O–H groups in total. The molecule has 0 unspecified atom stereocenters. The molecule has 0 radical (unpaired) electrons. The zero-order chi connectivity index (χ0) is 45.5. The molecule has 0 saturated heterocycles. The molecule has 68 heavy (non-hydrogen) atoms. The van der Waals surface area contributed by atoms with Gasteiger partial charge in [0.2, 0.25) is 0 Å². The van der Waals surface area contributed by atoms with Crippen LogP contribution in [0, 0.1) is 11.6 Å². The smallest absolute Gasteiger partial charge is 0.254 e. The van der Waals surface area contributed by atoms with Crippen molar-refractivity contribution in [2.45, 2.75) is 14.7 Å². The molecule has 10 aromatic carbocycles. The maximum absolute atomic E-state index is 16.3. The summed E-state index contributed by atoms with van der Waals surface area (Å²) in [5.74, 6) is -0.564. The van der Waals surface area contributed by atoms with E-state index >= 15 is 8.78 Å². The highest BCUT2D eigenvalue weighted by molar-refractivity contribution is 8.33. The van der Waals surface area contributed by atoms with Crippen LogP contribution < -0.4 is 31.1 Å². The van der Waals surface area contributed by atoms with E-state index in [-0.39, 0.29) is 18.3 Å². The molecule has 0 saturated carbocycles. The van der Waals surface area contributed by atoms with Gasteiger partial charge in [-0.3, -0.25) is 0 Å². The molecule has 10 aromatic rings. The number of rotatable bonds is 8. The number of halogens is 2. The van der Waals surface area contributed by atoms with Gasteiger partial charge >= 0.3 is 0 Å². The van der Waals surface area contributed by atoms with Crippen LogP contribution in [-0.2, 0) is 0 Å². The fourth-order valence-electron chi connectivity index (χ4n) is 11.2. The first-order valence-corrected chi connectivity index (χ1v) is 25.0. The van der Waals surface area contributed by atoms with E-state index in [1.807, 2.05) is 60.7 Å². The maximum atomic E-state index is 16.3. The lowest BCUT2D eigenvalue weighted by Gasteiger charge is -2.53. The lowest BCUT2D eigenvalue weighted by molar-refractivity contribution is 0.631. The molecule has 0 aromatic heterocycles. The fourth-order valence-corrected chi connectivity index (χ4v) is 14.7. The van der Waals surface area contributed by atoms with Crippen molar-refractivity contribution in [1.29, 1.82) is 0 Å². The maximum Gasteiger partial charge on any atom is 0.254 e. The molecule has 3 aliphatic heterocycles. The predicted molar refractivity (Wildman–Crippen MR) is 281 cm³/mol. The Morgan fingerprint density at radius 3 is 1.19 bits per heavy atom. The second-order valence-corrected chi connectivity index (χ2v) is 20.8. The van der Waals surface area contributed by atoms with E-state index in [1.54, 1.807) is 24.3 Å². The molecule has 0 spiro atoms. The van der Waals surface area contributed by atoms with Gasteiger partial charge in [-0.05, 0) is 134 Å². The third kappa shape index (κ3) is 5.92. The Hall–Kier alpha value is -8.13. The second kappa shape index (κ2) is 15.8. The van der Waals surface area contributed by atoms with Gasteiger partial charge in [-0.2, -0.15) is 10.0 Å². The van der Waals surface area contributed by atoms with Gasteiger partial charge < -0.3 is 14.7 Å². The average molecular weight is 898 g/mol. The van der Waals surface area contributed by atoms with Crippen molar-refractivity contribution in [2.24, 2.45) is 0 Å². The summed E-state index contributed by atoms with van der Waals surface area (Å²) in [5, 5.41) is 0. The summed E-state index contributed by atoms with van der Waals surface area (Å²) in [6.07, 6.45) is 2.45. The zero-order valence-corrected chi connectivity index (χ0v) is 37.9. The summed E-state index contributed by atoms with van der Waals surface area (Å²) >= 11 is 0. The van der Waals surface area contributed by atoms with Crippen LogP contribution >= 0.6 is 10.0 Å². The number of para-hydroxylation sites is 4. The van der Waals surface area contributed by atoms with Crippen LogP contribution in [-0.4, -0.2) is 13.0 Å². The molecular formula is C61H42BF2N3S. The molecular weight excluding hydrogens is 856 g/mol. The Balaban J connectivity index is 1.21. The van der Waals surface area contributed by atoms with Crippen LogP contribution in [0.1, 0.15) is 0 Å². The number of benzene rings is 10. The number of hydrogen-bond acceptors (Lipinski definition) is 3. The SMILES string of the molecule is CS1(c2ccccc2)c2cccc3c2B2c4c(cc(N(c5ccccc5)c5ccccc5)cc4N(c4ccccc4-c4ccccc4F)c4cccc1c42)N3c1ccccc1-c1ccccc1F. The van der Waals surface area contributed by atoms with Crippen molar-refractivity contribution < 1.29 is 8.78 Å². The first-order chi connectivity index (χ1) is 33.5. The summed E-state index contributed by atoms with van der Waals surface area (Å²) in [4.78, 5) is 11.0. The Bertz CT molecular complexity index is 3400. The first kappa shape index (κ1) is 40.2. The van der Waals surface area contributed by atoms with Gasteiger partial charge in [0, 0.05) is 56.4 Å². The molecule has 7 heteroatoms. The monoisotopic (exact) mass is 897 g/mol. The van der Waals surface area contributed by atoms with Crippen molar-refractivity contribution in [3.05, 3.63) is 248 Å². The first-order valence-electron chi connectivity index (χ1n) is 23.0. The lowest BCUT2D eigenvalue weighted by atomic mass is 9.33. The van der Waals surface area contributed by atoms with Crippen molar-refractivity contribution in [3.63, 3.8) is 0 Å². The molecule has 0 atom stereocenters. The van der Waals surface area contributed by atoms with Crippen molar-refractivity contribution in [3.8, 4) is 22.3 Å². The van der Waals surface area contributed by atoms with E-state index in [4.69, 9.17) is 0 Å². The molecule has 3 nitrogen and oxygen atoms in total. The third-order valence-electron chi connectivity index (χ3n) is 14.0. The number of nitrogens with zero attached hydrogens (tertiary/aromatic N) is 3. The van der Waals surface area contributed by atoms with Gasteiger partial charge in [-0.25, -0.2) is 8.78 Å². The van der Waals surface area contributed by atoms with Crippen LogP contribution in [0.3, 0.4) is 0 Å². The number of anilines is 9. The highest BCUT2D eigenvalue weighted by atomic mass is 32.3. The highest BCUT2D eigenvalue weighted by Gasteiger charge is 2.52. The van der Waals surface area contributed by atoms with Gasteiger partial charge in [0.05, 0.1) is 17.1 Å². The van der Waals surface area contributed by atoms with E-state index in [1.165, 1.54) is 25.6 Å². The van der Waals surface area contributed by atoms with E-state index in [0.29, 0.717) is 11.1 Å². The minimum Gasteiger partial charge on any atom is -0.311 e. The molecule has 0 fully saturated rings.